The molecule has 0 radical (unpaired) electrons. The number of benzene rings is 2. The van der Waals surface area contributed by atoms with Gasteiger partial charge < -0.3 is 14.4 Å². The Morgan fingerprint density at radius 3 is 2.33 bits per heavy atom. The molecule has 0 N–H and O–H groups in total. The Morgan fingerprint density at radius 1 is 1.00 bits per heavy atom. The molecule has 0 saturated heterocycles. The van der Waals surface area contributed by atoms with Crippen LogP contribution in [-0.2, 0) is 4.74 Å². The zero-order valence-electron chi connectivity index (χ0n) is 14.6. The van der Waals surface area contributed by atoms with Crippen molar-refractivity contribution >= 4 is 5.97 Å². The van der Waals surface area contributed by atoms with Gasteiger partial charge >= 0.3 is 5.97 Å². The lowest BCUT2D eigenvalue weighted by molar-refractivity contribution is 0.0595. The SMILES string of the molecule is CCN(CC)CCOc1c(C(=O)OC)cccc1-c1ccccc1. The van der Waals surface area contributed by atoms with E-state index in [2.05, 4.69) is 18.7 Å². The predicted octanol–water partition coefficient (Wildman–Crippen LogP) is 3.86. The maximum absolute atomic E-state index is 12.1. The standard InChI is InChI=1S/C20H25NO3/c1-4-21(5-2)14-15-24-19-17(16-10-7-6-8-11-16)12-9-13-18(19)20(22)23-3/h6-13H,4-5,14-15H2,1-3H3. The van der Waals surface area contributed by atoms with Gasteiger partial charge in [-0.3, -0.25) is 0 Å². The monoisotopic (exact) mass is 327 g/mol. The fourth-order valence-corrected chi connectivity index (χ4v) is 2.62. The molecule has 0 fully saturated rings. The first-order valence-corrected chi connectivity index (χ1v) is 8.33. The van der Waals surface area contributed by atoms with Gasteiger partial charge in [0.1, 0.15) is 17.9 Å². The molecule has 0 saturated carbocycles. The summed E-state index contributed by atoms with van der Waals surface area (Å²) in [5, 5.41) is 0. The molecule has 0 atom stereocenters. The minimum Gasteiger partial charge on any atom is -0.491 e. The van der Waals surface area contributed by atoms with Gasteiger partial charge in [-0.05, 0) is 24.7 Å². The number of rotatable bonds is 8. The number of nitrogens with zero attached hydrogens (tertiary/aromatic N) is 1. The van der Waals surface area contributed by atoms with Gasteiger partial charge in [-0.2, -0.15) is 0 Å². The number of hydrogen-bond acceptors (Lipinski definition) is 4. The molecule has 0 aliphatic rings. The van der Waals surface area contributed by atoms with Crippen molar-refractivity contribution in [2.24, 2.45) is 0 Å². The summed E-state index contributed by atoms with van der Waals surface area (Å²) in [6.45, 7) is 7.54. The Hall–Kier alpha value is -2.33. The van der Waals surface area contributed by atoms with E-state index >= 15 is 0 Å². The van der Waals surface area contributed by atoms with Crippen LogP contribution in [0.1, 0.15) is 24.2 Å². The van der Waals surface area contributed by atoms with Gasteiger partial charge in [0, 0.05) is 12.1 Å². The molecule has 0 unspecified atom stereocenters. The third kappa shape index (κ3) is 4.36. The van der Waals surface area contributed by atoms with Crippen molar-refractivity contribution in [2.75, 3.05) is 33.4 Å². The van der Waals surface area contributed by atoms with Crippen LogP contribution >= 0.6 is 0 Å². The lowest BCUT2D eigenvalue weighted by atomic mass is 10.0. The second-order valence-electron chi connectivity index (χ2n) is 5.42. The van der Waals surface area contributed by atoms with E-state index in [4.69, 9.17) is 9.47 Å². The highest BCUT2D eigenvalue weighted by molar-refractivity contribution is 5.95. The molecule has 4 nitrogen and oxygen atoms in total. The number of likely N-dealkylation sites (N-methyl/N-ethyl adjacent to an activating group) is 1. The van der Waals surface area contributed by atoms with E-state index in [1.165, 1.54) is 7.11 Å². The second-order valence-corrected chi connectivity index (χ2v) is 5.42. The number of para-hydroxylation sites is 1. The third-order valence-corrected chi connectivity index (χ3v) is 4.05. The highest BCUT2D eigenvalue weighted by Gasteiger charge is 2.18. The number of hydrogen-bond donors (Lipinski definition) is 0. The average molecular weight is 327 g/mol. The number of esters is 1. The highest BCUT2D eigenvalue weighted by Crippen LogP contribution is 2.33. The van der Waals surface area contributed by atoms with Gasteiger partial charge in [-0.15, -0.1) is 0 Å². The maximum atomic E-state index is 12.1. The molecule has 0 spiro atoms. The predicted molar refractivity (Wildman–Crippen MR) is 96.5 cm³/mol. The molecule has 4 heteroatoms. The molecule has 2 aromatic rings. The molecule has 0 aromatic heterocycles. The lowest BCUT2D eigenvalue weighted by Gasteiger charge is -2.20. The lowest BCUT2D eigenvalue weighted by Crippen LogP contribution is -2.28. The summed E-state index contributed by atoms with van der Waals surface area (Å²) in [5.41, 5.74) is 2.37. The molecule has 24 heavy (non-hydrogen) atoms. The molecular formula is C20H25NO3. The van der Waals surface area contributed by atoms with Crippen molar-refractivity contribution in [3.63, 3.8) is 0 Å². The smallest absolute Gasteiger partial charge is 0.341 e. The van der Waals surface area contributed by atoms with E-state index in [1.807, 2.05) is 42.5 Å². The first-order valence-electron chi connectivity index (χ1n) is 8.33. The van der Waals surface area contributed by atoms with Crippen molar-refractivity contribution in [1.29, 1.82) is 0 Å². The van der Waals surface area contributed by atoms with Crippen LogP contribution in [0.25, 0.3) is 11.1 Å². The summed E-state index contributed by atoms with van der Waals surface area (Å²) in [7, 11) is 1.39. The topological polar surface area (TPSA) is 38.8 Å². The summed E-state index contributed by atoms with van der Waals surface area (Å²) in [5.74, 6) is 0.202. The van der Waals surface area contributed by atoms with Crippen LogP contribution in [-0.4, -0.2) is 44.2 Å². The Kier molecular flexibility index (Phi) is 6.82. The van der Waals surface area contributed by atoms with Crippen molar-refractivity contribution in [3.8, 4) is 16.9 Å². The third-order valence-electron chi connectivity index (χ3n) is 4.05. The summed E-state index contributed by atoms with van der Waals surface area (Å²) in [4.78, 5) is 14.4. The first-order chi connectivity index (χ1) is 11.7. The minimum absolute atomic E-state index is 0.384. The molecule has 2 rings (SSSR count). The highest BCUT2D eigenvalue weighted by atomic mass is 16.5. The van der Waals surface area contributed by atoms with Crippen molar-refractivity contribution in [3.05, 3.63) is 54.1 Å². The molecule has 0 heterocycles. The van der Waals surface area contributed by atoms with Gasteiger partial charge in [0.15, 0.2) is 0 Å². The van der Waals surface area contributed by atoms with Gasteiger partial charge in [-0.1, -0.05) is 56.3 Å². The van der Waals surface area contributed by atoms with Crippen molar-refractivity contribution < 1.29 is 14.3 Å². The molecule has 2 aromatic carbocycles. The number of carbonyl (C=O) groups is 1. The first kappa shape index (κ1) is 18.0. The van der Waals surface area contributed by atoms with Crippen LogP contribution in [0, 0.1) is 0 Å². The zero-order chi connectivity index (χ0) is 17.4. The Labute approximate surface area is 144 Å². The molecule has 0 amide bonds. The van der Waals surface area contributed by atoms with Crippen LogP contribution < -0.4 is 4.74 Å². The largest absolute Gasteiger partial charge is 0.491 e. The second kappa shape index (κ2) is 9.08. The van der Waals surface area contributed by atoms with Gasteiger partial charge in [0.2, 0.25) is 0 Å². The van der Waals surface area contributed by atoms with E-state index in [9.17, 15) is 4.79 Å². The number of carbonyl (C=O) groups excluding carboxylic acids is 1. The van der Waals surface area contributed by atoms with Crippen LogP contribution in [0.15, 0.2) is 48.5 Å². The fourth-order valence-electron chi connectivity index (χ4n) is 2.62. The van der Waals surface area contributed by atoms with Crippen molar-refractivity contribution in [2.45, 2.75) is 13.8 Å². The Morgan fingerprint density at radius 2 is 1.71 bits per heavy atom. The average Bonchev–Trinajstić information content (AvgIpc) is 2.65. The van der Waals surface area contributed by atoms with E-state index in [0.717, 1.165) is 30.8 Å². The Bertz CT molecular complexity index is 651. The van der Waals surface area contributed by atoms with E-state index in [-0.39, 0.29) is 5.97 Å². The fraction of sp³-hybridized carbons (Fsp3) is 0.350. The van der Waals surface area contributed by atoms with Crippen LogP contribution in [0.5, 0.6) is 5.75 Å². The summed E-state index contributed by atoms with van der Waals surface area (Å²) < 4.78 is 10.9. The van der Waals surface area contributed by atoms with Crippen LogP contribution in [0.3, 0.4) is 0 Å². The van der Waals surface area contributed by atoms with Gasteiger partial charge in [0.05, 0.1) is 7.11 Å². The molecule has 0 aliphatic carbocycles. The summed E-state index contributed by atoms with van der Waals surface area (Å²) in [6, 6.07) is 15.5. The molecule has 0 aliphatic heterocycles. The Balaban J connectivity index is 2.32. The van der Waals surface area contributed by atoms with Crippen molar-refractivity contribution in [1.82, 2.24) is 4.90 Å². The molecular weight excluding hydrogens is 302 g/mol. The van der Waals surface area contributed by atoms with Crippen LogP contribution in [0.2, 0.25) is 0 Å². The van der Waals surface area contributed by atoms with Crippen LogP contribution in [0.4, 0.5) is 0 Å². The number of methoxy groups -OCH3 is 1. The quantitative estimate of drug-likeness (QED) is 0.690. The van der Waals surface area contributed by atoms with Gasteiger partial charge in [0.25, 0.3) is 0 Å². The minimum atomic E-state index is -0.384. The summed E-state index contributed by atoms with van der Waals surface area (Å²) in [6.07, 6.45) is 0. The summed E-state index contributed by atoms with van der Waals surface area (Å²) >= 11 is 0. The molecule has 128 valence electrons. The van der Waals surface area contributed by atoms with E-state index in [1.54, 1.807) is 6.07 Å². The number of ether oxygens (including phenoxy) is 2. The maximum Gasteiger partial charge on any atom is 0.341 e. The van der Waals surface area contributed by atoms with E-state index in [0.29, 0.717) is 17.9 Å². The zero-order valence-corrected chi connectivity index (χ0v) is 14.6. The molecule has 0 bridgehead atoms. The van der Waals surface area contributed by atoms with E-state index < -0.39 is 0 Å². The normalized spacial score (nSPS) is 10.7. The van der Waals surface area contributed by atoms with Gasteiger partial charge in [-0.25, -0.2) is 4.79 Å².